The van der Waals surface area contributed by atoms with Crippen LogP contribution < -0.4 is 48.4 Å². The van der Waals surface area contributed by atoms with Crippen LogP contribution in [0.25, 0.3) is 0 Å². The number of amides is 6. The molecule has 0 aromatic rings. The van der Waals surface area contributed by atoms with Gasteiger partial charge in [0.15, 0.2) is 0 Å². The van der Waals surface area contributed by atoms with Crippen molar-refractivity contribution >= 4 is 96.1 Å². The van der Waals surface area contributed by atoms with Crippen molar-refractivity contribution in [1.29, 1.82) is 5.26 Å². The zero-order valence-electron chi connectivity index (χ0n) is 78.3. The van der Waals surface area contributed by atoms with Crippen LogP contribution in [0.4, 0.5) is 41.9 Å². The molecule has 6 aliphatic rings. The van der Waals surface area contributed by atoms with Gasteiger partial charge in [0.05, 0.1) is 51.3 Å². The van der Waals surface area contributed by atoms with Crippen molar-refractivity contribution in [1.82, 2.24) is 29.4 Å². The summed E-state index contributed by atoms with van der Waals surface area (Å²) in [6.07, 6.45) is 4.62. The summed E-state index contributed by atoms with van der Waals surface area (Å²) in [5, 5.41) is 17.8. The quantitative estimate of drug-likeness (QED) is 0.166. The van der Waals surface area contributed by atoms with Gasteiger partial charge in [0.2, 0.25) is 0 Å². The van der Waals surface area contributed by atoms with Crippen LogP contribution in [0, 0.1) is 46.8 Å². The van der Waals surface area contributed by atoms with Crippen LogP contribution in [0.1, 0.15) is 205 Å². The van der Waals surface area contributed by atoms with Crippen molar-refractivity contribution in [3.63, 3.8) is 0 Å². The third-order valence-corrected chi connectivity index (χ3v) is 16.4. The number of alkyl halides is 3. The van der Waals surface area contributed by atoms with Crippen molar-refractivity contribution in [2.45, 2.75) is 280 Å². The van der Waals surface area contributed by atoms with Crippen LogP contribution in [0.15, 0.2) is 0 Å². The Balaban J connectivity index is -0.000000117. The van der Waals surface area contributed by atoms with Gasteiger partial charge < -0.3 is 101 Å². The number of halogens is 3. The molecule has 0 aromatic carbocycles. The molecular formula is C77H129AgF3LiN7NaO36S-. The minimum atomic E-state index is -5.08. The first-order valence-corrected chi connectivity index (χ1v) is 39.3. The number of esters is 2. The average Bonchev–Trinajstić information content (AvgIpc) is 1.66. The molecule has 0 bridgehead atoms. The second-order valence-electron chi connectivity index (χ2n) is 33.4. The van der Waals surface area contributed by atoms with E-state index in [0.717, 1.165) is 38.8 Å². The van der Waals surface area contributed by atoms with Crippen molar-refractivity contribution < 1.29 is 254 Å². The van der Waals surface area contributed by atoms with Gasteiger partial charge in [0, 0.05) is 125 Å². The van der Waals surface area contributed by atoms with E-state index in [2.05, 4.69) is 19.9 Å². The van der Waals surface area contributed by atoms with E-state index < -0.39 is 49.8 Å². The van der Waals surface area contributed by atoms with Gasteiger partial charge in [0.1, 0.15) is 33.6 Å². The number of methoxy groups -OCH3 is 4. The molecule has 0 aromatic heterocycles. The number of aliphatic hydroxyl groups excluding tert-OH is 1. The van der Waals surface area contributed by atoms with Crippen LogP contribution in [0.2, 0.25) is 0 Å². The van der Waals surface area contributed by atoms with Crippen LogP contribution in [-0.2, 0) is 158 Å². The third-order valence-electron chi connectivity index (χ3n) is 16.0. The Bertz CT molecular complexity index is 3260. The number of likely N-dealkylation sites (tertiary alicyclic amines) is 6. The third kappa shape index (κ3) is 74.5. The second kappa shape index (κ2) is 74.8. The van der Waals surface area contributed by atoms with Gasteiger partial charge in [0.25, 0.3) is 0 Å². The van der Waals surface area contributed by atoms with E-state index in [-0.39, 0.29) is 211 Å². The molecule has 6 amide bonds. The van der Waals surface area contributed by atoms with Crippen LogP contribution in [0.5, 0.6) is 0 Å². The van der Waals surface area contributed by atoms with E-state index in [0.29, 0.717) is 64.1 Å². The van der Waals surface area contributed by atoms with Crippen LogP contribution in [0.3, 0.4) is 0 Å². The van der Waals surface area contributed by atoms with Crippen LogP contribution in [-0.4, -0.2) is 294 Å². The van der Waals surface area contributed by atoms with E-state index in [1.165, 1.54) is 14.2 Å². The van der Waals surface area contributed by atoms with E-state index in [1.54, 1.807) is 64.7 Å². The Morgan fingerprint density at radius 2 is 0.543 bits per heavy atom. The molecule has 6 rings (SSSR count). The zero-order valence-corrected chi connectivity index (χ0v) is 82.6. The summed E-state index contributed by atoms with van der Waals surface area (Å²) in [7, 11) is 2.19. The van der Waals surface area contributed by atoms with Gasteiger partial charge in [-0.15, -0.1) is 0 Å². The number of carbonyl (C=O) groups excluding carboxylic acids is 20. The average molecular weight is 1960 g/mol. The van der Waals surface area contributed by atoms with Crippen LogP contribution >= 0.6 is 0 Å². The topological polar surface area (TPSA) is 608 Å². The molecule has 6 fully saturated rings. The fourth-order valence-electron chi connectivity index (χ4n) is 11.6. The molecule has 3 N–H and O–H groups in total. The summed E-state index contributed by atoms with van der Waals surface area (Å²) >= 11 is 1.70. The first-order chi connectivity index (χ1) is 56.2. The number of carbonyl (C=O) groups is 8. The van der Waals surface area contributed by atoms with E-state index >= 15 is 0 Å². The normalized spacial score (nSPS) is 20.5. The summed E-state index contributed by atoms with van der Waals surface area (Å²) in [6, 6.07) is 2.97. The first kappa shape index (κ1) is 145. The van der Waals surface area contributed by atoms with Gasteiger partial charge in [-0.1, -0.05) is 0 Å². The van der Waals surface area contributed by atoms with Crippen molar-refractivity contribution in [3.05, 3.63) is 0 Å². The number of nitrogens with zero attached hydrogens (tertiary/aromatic N) is 7. The molecule has 6 saturated heterocycles. The molecule has 50 heteroatoms. The molecule has 0 radical (unpaired) electrons. The van der Waals surface area contributed by atoms with Gasteiger partial charge in [-0.2, -0.15) is 76.0 Å². The minimum absolute atomic E-state index is 0. The maximum absolute atomic E-state index is 11.9. The molecule has 43 nitrogen and oxygen atoms in total. The molecule has 6 heterocycles. The van der Waals surface area contributed by atoms with Crippen molar-refractivity contribution in [2.75, 3.05) is 87.5 Å². The van der Waals surface area contributed by atoms with Gasteiger partial charge >= 0.3 is 164 Å². The predicted octanol–water partition coefficient (Wildman–Crippen LogP) is 2.79. The standard InChI is InChI=1S/2C12H21NO4.2C12H23NO3.C11H18N2O2.C11H21NO3.CF3O2S.6CO2.Ag.Li.Na.2H2O.O/c2*1-8-6-9(10(14)16-5)7-13(8)11(15)17-12(2,3)4;2*1-9-6-10(8-15-5)7-13(9)11(14)16-12(2,3)4;1-8-5-9(6-12)7-13(8)10(14)15-11(2,3)4;1-8-5-9(7-13)6-12(8)10(14)15-11(2,3)4;2-1(3,4)7(5)6;6*2-1-3;;;;;;/h2*8-9H,6-7H2,1-5H3;2*9-10H,6-8H2,1-5H3;8-9H,5,7H2,1-4H3;8-9,13H,5-7H2,1-4H3;;;;;;;;;;;2*1H2;/q;;;;;;-1;;;;;;;;2*+1;;;/p-2/t2*8-,9+;2*9-,10+;8-,9-;8-,9+;;;;;;;;;;;;;/m111111............./s1. The Kier molecular flexibility index (Phi) is 85.2. The SMILES string of the molecule is COC(=O)[C@H]1C[C@@H](C)N(C(=O)OC(C)(C)C)C1.COC(=O)[C@H]1C[C@@H](C)N(C(=O)OC(C)(C)C)C1.COC[C@H]1C[C@@H](C)N(C(=O)OC(C)(C)C)C1.COC[C@H]1C[C@@H](C)N(C(=O)OC(C)(C)C)C1.C[C@@H]1C[C@H](C#N)CN1C(=O)OC(C)(C)C.C[C@@H]1C[C@H](CO)CN1C(=O)OC(C)(C)C.O=C=O.O=C=O.O=C=O.O=C=O.O=C=O.O=C=O.O=[S-](=O)C(F)(F)F.[Li+].[Na+].[OH-].[OH-].[O]=[Ag]. The van der Waals surface area contributed by atoms with E-state index in [9.17, 15) is 51.5 Å². The Morgan fingerprint density at radius 1 is 0.370 bits per heavy atom. The molecule has 12 atom stereocenters. The Hall–Kier alpha value is -7.99. The van der Waals surface area contributed by atoms with E-state index in [1.807, 2.05) is 152 Å². The molecule has 729 valence electrons. The first-order valence-electron chi connectivity index (χ1n) is 37.6. The summed E-state index contributed by atoms with van der Waals surface area (Å²) in [4.78, 5) is 201. The monoisotopic (exact) mass is 1950 g/mol. The molecule has 6 aliphatic heterocycles. The maximum atomic E-state index is 11.9. The number of ether oxygens (including phenoxy) is 10. The summed E-state index contributed by atoms with van der Waals surface area (Å²) < 4.78 is 109. The Morgan fingerprint density at radius 3 is 0.701 bits per heavy atom. The molecule has 0 spiro atoms. The fourth-order valence-corrected chi connectivity index (χ4v) is 11.6. The summed E-state index contributed by atoms with van der Waals surface area (Å²) in [5.74, 6) is 0.0379. The molecule has 127 heavy (non-hydrogen) atoms. The number of aliphatic hydroxyl groups is 1. The van der Waals surface area contributed by atoms with E-state index in [4.69, 9.17) is 127 Å². The molecular weight excluding hydrogens is 1830 g/mol. The number of hydrogen-bond donors (Lipinski definition) is 1. The number of nitriles is 1. The van der Waals surface area contributed by atoms with Crippen molar-refractivity contribution in [3.8, 4) is 6.07 Å². The Labute approximate surface area is 788 Å². The van der Waals surface area contributed by atoms with Gasteiger partial charge in [-0.3, -0.25) is 9.59 Å². The fraction of sp³-hybridized carbons (Fsp3) is 0.805. The number of rotatable bonds is 7. The summed E-state index contributed by atoms with van der Waals surface area (Å²) in [5.41, 5.74) is -7.87. The molecule has 0 saturated carbocycles. The van der Waals surface area contributed by atoms with Gasteiger partial charge in [-0.25, -0.2) is 28.8 Å². The summed E-state index contributed by atoms with van der Waals surface area (Å²) in [6.45, 7) is 50.1. The van der Waals surface area contributed by atoms with Gasteiger partial charge in [-0.05, 0) is 205 Å². The number of hydrogen-bond acceptors (Lipinski definition) is 38. The second-order valence-corrected chi connectivity index (χ2v) is 34.4. The predicted molar refractivity (Wildman–Crippen MR) is 413 cm³/mol. The zero-order chi connectivity index (χ0) is 98.7. The molecule has 0 aliphatic carbocycles. The molecule has 0 unspecified atom stereocenters. The van der Waals surface area contributed by atoms with Crippen molar-refractivity contribution in [2.24, 2.45) is 35.5 Å².